The van der Waals surface area contributed by atoms with Crippen LogP contribution in [-0.2, 0) is 4.79 Å². The zero-order valence-electron chi connectivity index (χ0n) is 11.3. The van der Waals surface area contributed by atoms with E-state index in [9.17, 15) is 9.90 Å². The first kappa shape index (κ1) is 14.0. The van der Waals surface area contributed by atoms with E-state index in [4.69, 9.17) is 4.42 Å². The average molecular weight is 272 g/mol. The van der Waals surface area contributed by atoms with Gasteiger partial charge in [-0.3, -0.25) is 4.79 Å². The van der Waals surface area contributed by atoms with E-state index >= 15 is 0 Å². The molecule has 20 heavy (non-hydrogen) atoms. The molecule has 1 atom stereocenters. The molecule has 2 aromatic rings. The lowest BCUT2D eigenvalue weighted by Gasteiger charge is -2.11. The molecule has 2 rings (SSSR count). The highest BCUT2D eigenvalue weighted by molar-refractivity contribution is 5.97. The minimum absolute atomic E-state index is 0.528. The lowest BCUT2D eigenvalue weighted by atomic mass is 10.0. The second-order valence-corrected chi connectivity index (χ2v) is 4.41. The SMILES string of the molecule is C/C(=N/NC(=O)C(O)c1ccccc1C)c1ccco1. The van der Waals surface area contributed by atoms with E-state index in [0.717, 1.165) is 5.56 Å². The molecular formula is C15H16N2O3. The third-order valence-corrected chi connectivity index (χ3v) is 2.94. The smallest absolute Gasteiger partial charge is 0.273 e. The zero-order valence-corrected chi connectivity index (χ0v) is 11.3. The van der Waals surface area contributed by atoms with Crippen LogP contribution in [0.4, 0.5) is 0 Å². The van der Waals surface area contributed by atoms with Crippen LogP contribution in [0.2, 0.25) is 0 Å². The first-order valence-electron chi connectivity index (χ1n) is 6.21. The highest BCUT2D eigenvalue weighted by atomic mass is 16.3. The van der Waals surface area contributed by atoms with Gasteiger partial charge in [0.05, 0.1) is 6.26 Å². The maximum Gasteiger partial charge on any atom is 0.273 e. The second-order valence-electron chi connectivity index (χ2n) is 4.41. The van der Waals surface area contributed by atoms with Crippen molar-refractivity contribution in [2.24, 2.45) is 5.10 Å². The number of aliphatic hydroxyl groups excluding tert-OH is 1. The molecule has 0 aliphatic rings. The van der Waals surface area contributed by atoms with Gasteiger partial charge in [-0.05, 0) is 37.1 Å². The fourth-order valence-electron chi connectivity index (χ4n) is 1.77. The molecule has 0 radical (unpaired) electrons. The van der Waals surface area contributed by atoms with Crippen LogP contribution >= 0.6 is 0 Å². The van der Waals surface area contributed by atoms with Crippen LogP contribution < -0.4 is 5.43 Å². The number of carbonyl (C=O) groups excluding carboxylic acids is 1. The van der Waals surface area contributed by atoms with Crippen molar-refractivity contribution in [2.45, 2.75) is 20.0 Å². The Morgan fingerprint density at radius 1 is 1.30 bits per heavy atom. The number of hydrazone groups is 1. The van der Waals surface area contributed by atoms with Crippen molar-refractivity contribution in [1.29, 1.82) is 0 Å². The monoisotopic (exact) mass is 272 g/mol. The Morgan fingerprint density at radius 3 is 2.70 bits per heavy atom. The van der Waals surface area contributed by atoms with E-state index < -0.39 is 12.0 Å². The summed E-state index contributed by atoms with van der Waals surface area (Å²) in [6.07, 6.45) is 0.280. The Kier molecular flexibility index (Phi) is 4.32. The van der Waals surface area contributed by atoms with Crippen molar-refractivity contribution in [3.05, 3.63) is 59.5 Å². The summed E-state index contributed by atoms with van der Waals surface area (Å²) in [6, 6.07) is 10.6. The number of amides is 1. The van der Waals surface area contributed by atoms with Gasteiger partial charge in [-0.2, -0.15) is 5.10 Å². The van der Waals surface area contributed by atoms with Gasteiger partial charge in [-0.25, -0.2) is 5.43 Å². The first-order chi connectivity index (χ1) is 9.59. The van der Waals surface area contributed by atoms with E-state index in [0.29, 0.717) is 17.0 Å². The van der Waals surface area contributed by atoms with Gasteiger partial charge in [-0.15, -0.1) is 0 Å². The summed E-state index contributed by atoms with van der Waals surface area (Å²) >= 11 is 0. The molecule has 0 aliphatic carbocycles. The molecule has 0 saturated carbocycles. The number of rotatable bonds is 4. The molecule has 0 aliphatic heterocycles. The number of aryl methyl sites for hydroxylation is 1. The topological polar surface area (TPSA) is 74.8 Å². The maximum absolute atomic E-state index is 11.9. The molecule has 0 saturated heterocycles. The summed E-state index contributed by atoms with van der Waals surface area (Å²) in [5.74, 6) is -0.0131. The number of nitrogens with zero attached hydrogens (tertiary/aromatic N) is 1. The Hall–Kier alpha value is -2.40. The number of hydrogen-bond donors (Lipinski definition) is 2. The van der Waals surface area contributed by atoms with Crippen LogP contribution in [0.3, 0.4) is 0 Å². The standard InChI is InChI=1S/C15H16N2O3/c1-10-6-3-4-7-12(10)14(18)15(19)17-16-11(2)13-8-5-9-20-13/h3-9,14,18H,1-2H3,(H,17,19)/b16-11-. The quantitative estimate of drug-likeness (QED) is 0.661. The molecular weight excluding hydrogens is 256 g/mol. The molecule has 0 fully saturated rings. The van der Waals surface area contributed by atoms with Crippen molar-refractivity contribution in [3.8, 4) is 0 Å². The molecule has 5 heteroatoms. The summed E-state index contributed by atoms with van der Waals surface area (Å²) in [6.45, 7) is 3.54. The number of carbonyl (C=O) groups is 1. The van der Waals surface area contributed by atoms with Gasteiger partial charge < -0.3 is 9.52 Å². The third kappa shape index (κ3) is 3.13. The van der Waals surface area contributed by atoms with Crippen molar-refractivity contribution in [2.75, 3.05) is 0 Å². The van der Waals surface area contributed by atoms with E-state index in [2.05, 4.69) is 10.5 Å². The van der Waals surface area contributed by atoms with Gasteiger partial charge in [0.25, 0.3) is 5.91 Å². The summed E-state index contributed by atoms with van der Waals surface area (Å²) in [7, 11) is 0. The molecule has 1 aromatic heterocycles. The van der Waals surface area contributed by atoms with E-state index in [1.807, 2.05) is 19.1 Å². The zero-order chi connectivity index (χ0) is 14.5. The van der Waals surface area contributed by atoms with Crippen molar-refractivity contribution in [3.63, 3.8) is 0 Å². The van der Waals surface area contributed by atoms with Gasteiger partial charge >= 0.3 is 0 Å². The van der Waals surface area contributed by atoms with Gasteiger partial charge in [0.1, 0.15) is 11.5 Å². The predicted molar refractivity (Wildman–Crippen MR) is 75.2 cm³/mol. The third-order valence-electron chi connectivity index (χ3n) is 2.94. The number of aliphatic hydroxyl groups is 1. The number of hydrogen-bond acceptors (Lipinski definition) is 4. The summed E-state index contributed by atoms with van der Waals surface area (Å²) < 4.78 is 5.15. The molecule has 1 unspecified atom stereocenters. The Balaban J connectivity index is 2.06. The van der Waals surface area contributed by atoms with Crippen LogP contribution in [0.15, 0.2) is 52.2 Å². The molecule has 5 nitrogen and oxygen atoms in total. The fourth-order valence-corrected chi connectivity index (χ4v) is 1.77. The van der Waals surface area contributed by atoms with Crippen LogP contribution in [0, 0.1) is 6.92 Å². The van der Waals surface area contributed by atoms with Crippen molar-refractivity contribution < 1.29 is 14.3 Å². The molecule has 104 valence electrons. The van der Waals surface area contributed by atoms with Gasteiger partial charge in [0, 0.05) is 0 Å². The minimum Gasteiger partial charge on any atom is -0.463 e. The number of nitrogens with one attached hydrogen (secondary N) is 1. The highest BCUT2D eigenvalue weighted by Gasteiger charge is 2.18. The summed E-state index contributed by atoms with van der Waals surface area (Å²) in [4.78, 5) is 11.9. The molecule has 1 aromatic carbocycles. The lowest BCUT2D eigenvalue weighted by Crippen LogP contribution is -2.26. The number of benzene rings is 1. The number of furan rings is 1. The molecule has 0 spiro atoms. The summed E-state index contributed by atoms with van der Waals surface area (Å²) in [5.41, 5.74) is 4.28. The molecule has 2 N–H and O–H groups in total. The van der Waals surface area contributed by atoms with E-state index in [1.165, 1.54) is 6.26 Å². The van der Waals surface area contributed by atoms with Crippen LogP contribution in [0.1, 0.15) is 29.9 Å². The normalized spacial score (nSPS) is 13.1. The maximum atomic E-state index is 11.9. The van der Waals surface area contributed by atoms with Gasteiger partial charge in [-0.1, -0.05) is 24.3 Å². The van der Waals surface area contributed by atoms with Crippen LogP contribution in [0.25, 0.3) is 0 Å². The largest absolute Gasteiger partial charge is 0.463 e. The average Bonchev–Trinajstić information content (AvgIpc) is 2.98. The second kappa shape index (κ2) is 6.16. The Morgan fingerprint density at radius 2 is 2.05 bits per heavy atom. The molecule has 1 amide bonds. The first-order valence-corrected chi connectivity index (χ1v) is 6.21. The van der Waals surface area contributed by atoms with Gasteiger partial charge in [0.2, 0.25) is 0 Å². The van der Waals surface area contributed by atoms with Crippen molar-refractivity contribution in [1.82, 2.24) is 5.43 Å². The van der Waals surface area contributed by atoms with Gasteiger partial charge in [0.15, 0.2) is 6.10 Å². The lowest BCUT2D eigenvalue weighted by molar-refractivity contribution is -0.129. The van der Waals surface area contributed by atoms with E-state index in [-0.39, 0.29) is 0 Å². The molecule has 1 heterocycles. The Labute approximate surface area is 116 Å². The van der Waals surface area contributed by atoms with Crippen LogP contribution in [0.5, 0.6) is 0 Å². The highest BCUT2D eigenvalue weighted by Crippen LogP contribution is 2.17. The van der Waals surface area contributed by atoms with E-state index in [1.54, 1.807) is 31.2 Å². The minimum atomic E-state index is -1.25. The van der Waals surface area contributed by atoms with Crippen LogP contribution in [-0.4, -0.2) is 16.7 Å². The van der Waals surface area contributed by atoms with Crippen molar-refractivity contribution >= 4 is 11.6 Å². The Bertz CT molecular complexity index is 618. The predicted octanol–water partition coefficient (Wildman–Crippen LogP) is 2.16. The molecule has 0 bridgehead atoms. The fraction of sp³-hybridized carbons (Fsp3) is 0.200. The summed E-state index contributed by atoms with van der Waals surface area (Å²) in [5, 5.41) is 13.9.